The van der Waals surface area contributed by atoms with E-state index < -0.39 is 0 Å². The number of rotatable bonds is 1. The van der Waals surface area contributed by atoms with Crippen molar-refractivity contribution in [2.45, 2.75) is 6.92 Å². The molecule has 1 aromatic carbocycles. The van der Waals surface area contributed by atoms with Crippen molar-refractivity contribution >= 4 is 43.3 Å². The minimum absolute atomic E-state index is 0.501. The Kier molecular flexibility index (Phi) is 2.41. The van der Waals surface area contributed by atoms with Crippen molar-refractivity contribution in [1.82, 2.24) is 15.2 Å². The lowest BCUT2D eigenvalue weighted by Gasteiger charge is -1.93. The summed E-state index contributed by atoms with van der Waals surface area (Å²) in [5.41, 5.74) is 8.67. The Bertz CT molecular complexity index is 681. The number of nitrogens with two attached hydrogens (primary N) is 1. The largest absolute Gasteiger partial charge is 0.382 e. The second kappa shape index (κ2) is 3.82. The highest BCUT2D eigenvalue weighted by molar-refractivity contribution is 9.10. The number of aromatic amines is 1. The number of aromatic nitrogens is 3. The molecule has 3 aromatic rings. The first-order valence-corrected chi connectivity index (χ1v) is 6.63. The third-order valence-electron chi connectivity index (χ3n) is 2.54. The van der Waals surface area contributed by atoms with Crippen molar-refractivity contribution in [3.05, 3.63) is 28.4 Å². The molecule has 0 saturated carbocycles. The van der Waals surface area contributed by atoms with Crippen LogP contribution >= 0.6 is 27.3 Å². The SMILES string of the molecule is Cc1[nH]nc(N)c1-c1nc2ccc(Br)cc2s1. The van der Waals surface area contributed by atoms with Crippen LogP contribution in [0.1, 0.15) is 5.69 Å². The predicted octanol–water partition coefficient (Wildman–Crippen LogP) is 3.34. The van der Waals surface area contributed by atoms with E-state index in [9.17, 15) is 0 Å². The molecule has 0 aliphatic rings. The van der Waals surface area contributed by atoms with Gasteiger partial charge in [0.25, 0.3) is 0 Å². The van der Waals surface area contributed by atoms with Crippen molar-refractivity contribution in [2.75, 3.05) is 5.73 Å². The van der Waals surface area contributed by atoms with Gasteiger partial charge in [-0.2, -0.15) is 5.10 Å². The van der Waals surface area contributed by atoms with E-state index >= 15 is 0 Å². The van der Waals surface area contributed by atoms with Gasteiger partial charge in [-0.3, -0.25) is 5.10 Å². The van der Waals surface area contributed by atoms with Crippen LogP contribution in [-0.4, -0.2) is 15.2 Å². The molecule has 0 unspecified atom stereocenters. The first-order valence-electron chi connectivity index (χ1n) is 5.02. The minimum Gasteiger partial charge on any atom is -0.382 e. The molecule has 0 aliphatic heterocycles. The summed E-state index contributed by atoms with van der Waals surface area (Å²) in [6.07, 6.45) is 0. The number of hydrogen-bond donors (Lipinski definition) is 2. The normalized spacial score (nSPS) is 11.2. The van der Waals surface area contributed by atoms with Gasteiger partial charge in [-0.15, -0.1) is 11.3 Å². The summed E-state index contributed by atoms with van der Waals surface area (Å²) in [5.74, 6) is 0.501. The summed E-state index contributed by atoms with van der Waals surface area (Å²) in [5, 5.41) is 7.77. The van der Waals surface area contributed by atoms with Crippen LogP contribution in [0.5, 0.6) is 0 Å². The van der Waals surface area contributed by atoms with Crippen LogP contribution in [0.3, 0.4) is 0 Å². The zero-order valence-electron chi connectivity index (χ0n) is 8.99. The summed E-state index contributed by atoms with van der Waals surface area (Å²) < 4.78 is 2.19. The number of nitrogens with one attached hydrogen (secondary N) is 1. The standard InChI is InChI=1S/C11H9BrN4S/c1-5-9(10(13)16-15-5)11-14-7-3-2-6(12)4-8(7)17-11/h2-4H,1H3,(H3,13,15,16). The van der Waals surface area contributed by atoms with Gasteiger partial charge in [0.1, 0.15) is 5.01 Å². The lowest BCUT2D eigenvalue weighted by atomic mass is 10.2. The number of fused-ring (bicyclic) bond motifs is 1. The van der Waals surface area contributed by atoms with Crippen LogP contribution in [0.2, 0.25) is 0 Å². The molecule has 0 atom stereocenters. The molecule has 2 heterocycles. The number of thiazole rings is 1. The number of hydrogen-bond acceptors (Lipinski definition) is 4. The quantitative estimate of drug-likeness (QED) is 0.724. The highest BCUT2D eigenvalue weighted by atomic mass is 79.9. The summed E-state index contributed by atoms with van der Waals surface area (Å²) in [6, 6.07) is 6.03. The Labute approximate surface area is 110 Å². The van der Waals surface area contributed by atoms with Gasteiger partial charge in [0.2, 0.25) is 0 Å². The highest BCUT2D eigenvalue weighted by Crippen LogP contribution is 2.35. The number of aryl methyl sites for hydroxylation is 1. The van der Waals surface area contributed by atoms with Gasteiger partial charge < -0.3 is 5.73 Å². The maximum atomic E-state index is 5.84. The zero-order valence-corrected chi connectivity index (χ0v) is 11.4. The average Bonchev–Trinajstić information content (AvgIpc) is 2.81. The van der Waals surface area contributed by atoms with Gasteiger partial charge in [0.05, 0.1) is 15.8 Å². The molecule has 0 radical (unpaired) electrons. The summed E-state index contributed by atoms with van der Waals surface area (Å²) >= 11 is 5.07. The smallest absolute Gasteiger partial charge is 0.155 e. The van der Waals surface area contributed by atoms with Crippen LogP contribution < -0.4 is 5.73 Å². The monoisotopic (exact) mass is 308 g/mol. The van der Waals surface area contributed by atoms with Crippen molar-refractivity contribution < 1.29 is 0 Å². The van der Waals surface area contributed by atoms with Gasteiger partial charge in [0.15, 0.2) is 5.82 Å². The molecule has 0 bridgehead atoms. The summed E-state index contributed by atoms with van der Waals surface area (Å²) in [6.45, 7) is 1.95. The van der Waals surface area contributed by atoms with Gasteiger partial charge in [-0.25, -0.2) is 4.98 Å². The van der Waals surface area contributed by atoms with Crippen molar-refractivity contribution in [1.29, 1.82) is 0 Å². The fourth-order valence-corrected chi connectivity index (χ4v) is 3.35. The van der Waals surface area contributed by atoms with Gasteiger partial charge in [0, 0.05) is 10.2 Å². The third kappa shape index (κ3) is 1.73. The molecule has 4 nitrogen and oxygen atoms in total. The fraction of sp³-hybridized carbons (Fsp3) is 0.0909. The topological polar surface area (TPSA) is 67.6 Å². The Morgan fingerprint density at radius 3 is 2.94 bits per heavy atom. The van der Waals surface area contributed by atoms with E-state index in [2.05, 4.69) is 37.2 Å². The number of anilines is 1. The first kappa shape index (κ1) is 10.7. The number of nitrogen functional groups attached to an aromatic ring is 1. The van der Waals surface area contributed by atoms with Crippen LogP contribution in [0, 0.1) is 6.92 Å². The van der Waals surface area contributed by atoms with E-state index in [0.29, 0.717) is 5.82 Å². The van der Waals surface area contributed by atoms with Crippen LogP contribution in [-0.2, 0) is 0 Å². The zero-order chi connectivity index (χ0) is 12.0. The average molecular weight is 309 g/mol. The molecule has 0 fully saturated rings. The molecule has 3 rings (SSSR count). The lowest BCUT2D eigenvalue weighted by molar-refractivity contribution is 1.05. The van der Waals surface area contributed by atoms with Crippen LogP contribution in [0.25, 0.3) is 20.8 Å². The molecule has 2 aromatic heterocycles. The molecular weight excluding hydrogens is 300 g/mol. The number of nitrogens with zero attached hydrogens (tertiary/aromatic N) is 2. The molecule has 0 spiro atoms. The highest BCUT2D eigenvalue weighted by Gasteiger charge is 2.14. The van der Waals surface area contributed by atoms with E-state index in [0.717, 1.165) is 31.0 Å². The van der Waals surface area contributed by atoms with Crippen LogP contribution in [0.15, 0.2) is 22.7 Å². The molecule has 0 saturated heterocycles. The lowest BCUT2D eigenvalue weighted by Crippen LogP contribution is -1.87. The van der Waals surface area contributed by atoms with Gasteiger partial charge >= 0.3 is 0 Å². The molecule has 0 aliphatic carbocycles. The summed E-state index contributed by atoms with van der Waals surface area (Å²) in [4.78, 5) is 4.58. The van der Waals surface area contributed by atoms with E-state index in [1.807, 2.05) is 19.1 Å². The number of halogens is 1. The van der Waals surface area contributed by atoms with E-state index in [1.54, 1.807) is 11.3 Å². The Morgan fingerprint density at radius 1 is 1.41 bits per heavy atom. The Balaban J connectivity index is 2.25. The fourth-order valence-electron chi connectivity index (χ4n) is 1.72. The van der Waals surface area contributed by atoms with Crippen molar-refractivity contribution in [2.24, 2.45) is 0 Å². The molecule has 6 heteroatoms. The predicted molar refractivity (Wildman–Crippen MR) is 74.1 cm³/mol. The molecule has 86 valence electrons. The maximum Gasteiger partial charge on any atom is 0.155 e. The minimum atomic E-state index is 0.501. The third-order valence-corrected chi connectivity index (χ3v) is 4.07. The number of H-pyrrole nitrogens is 1. The first-order chi connectivity index (χ1) is 8.15. The maximum absolute atomic E-state index is 5.84. The summed E-state index contributed by atoms with van der Waals surface area (Å²) in [7, 11) is 0. The van der Waals surface area contributed by atoms with Crippen molar-refractivity contribution in [3.8, 4) is 10.6 Å². The Hall–Kier alpha value is -1.40. The molecular formula is C11H9BrN4S. The van der Waals surface area contributed by atoms with Gasteiger partial charge in [-0.05, 0) is 25.1 Å². The van der Waals surface area contributed by atoms with E-state index in [4.69, 9.17) is 5.73 Å². The van der Waals surface area contributed by atoms with Crippen molar-refractivity contribution in [3.63, 3.8) is 0 Å². The molecule has 3 N–H and O–H groups in total. The molecule has 0 amide bonds. The Morgan fingerprint density at radius 2 is 2.24 bits per heavy atom. The second-order valence-corrected chi connectivity index (χ2v) is 5.69. The number of benzene rings is 1. The van der Waals surface area contributed by atoms with E-state index in [-0.39, 0.29) is 0 Å². The molecule has 17 heavy (non-hydrogen) atoms. The van der Waals surface area contributed by atoms with Crippen LogP contribution in [0.4, 0.5) is 5.82 Å². The van der Waals surface area contributed by atoms with Gasteiger partial charge in [-0.1, -0.05) is 15.9 Å². The second-order valence-electron chi connectivity index (χ2n) is 3.74. The van der Waals surface area contributed by atoms with E-state index in [1.165, 1.54) is 0 Å².